The van der Waals surface area contributed by atoms with Gasteiger partial charge in [-0.15, -0.1) is 0 Å². The molecule has 0 bridgehead atoms. The van der Waals surface area contributed by atoms with Gasteiger partial charge in [0.2, 0.25) is 0 Å². The molecule has 3 heterocycles. The van der Waals surface area contributed by atoms with E-state index in [0.717, 1.165) is 5.69 Å². The molecular formula is C19H27N5O4S. The molecule has 0 atom stereocenters. The molecule has 4 rings (SSSR count). The molecule has 0 aliphatic carbocycles. The summed E-state index contributed by atoms with van der Waals surface area (Å²) < 4.78 is 35.6. The number of anilines is 1. The van der Waals surface area contributed by atoms with E-state index in [1.807, 2.05) is 32.0 Å². The molecule has 2 aliphatic heterocycles. The molecule has 0 radical (unpaired) electrons. The number of aromatic nitrogens is 2. The standard InChI is InChI=1S/C19H27N5O4S/c1-15(2)24-14-20-18-13-16(3-4-17(18)19(24)25)21-5-7-22(8-6-21)29(26,27)23-9-11-28-12-10-23/h3-4,13-15H,5-12H2,1-2H3. The summed E-state index contributed by atoms with van der Waals surface area (Å²) in [5.41, 5.74) is 1.57. The average molecular weight is 422 g/mol. The molecule has 0 spiro atoms. The van der Waals surface area contributed by atoms with Gasteiger partial charge in [-0.2, -0.15) is 17.0 Å². The Hall–Kier alpha value is -2.01. The summed E-state index contributed by atoms with van der Waals surface area (Å²) in [5.74, 6) is 0. The normalized spacial score (nSPS) is 19.9. The second-order valence-corrected chi connectivity index (χ2v) is 9.59. The van der Waals surface area contributed by atoms with Crippen molar-refractivity contribution >= 4 is 26.8 Å². The first kappa shape index (κ1) is 20.3. The molecule has 2 fully saturated rings. The molecular weight excluding hydrogens is 394 g/mol. The van der Waals surface area contributed by atoms with Crippen LogP contribution in [0.25, 0.3) is 10.9 Å². The Kier molecular flexibility index (Phi) is 5.60. The second kappa shape index (κ2) is 8.02. The van der Waals surface area contributed by atoms with Crippen LogP contribution >= 0.6 is 0 Å². The number of fused-ring (bicyclic) bond motifs is 1. The van der Waals surface area contributed by atoms with Gasteiger partial charge in [0, 0.05) is 51.0 Å². The first-order valence-electron chi connectivity index (χ1n) is 9.97. The van der Waals surface area contributed by atoms with Gasteiger partial charge in [-0.3, -0.25) is 9.36 Å². The van der Waals surface area contributed by atoms with Gasteiger partial charge in [-0.25, -0.2) is 4.98 Å². The van der Waals surface area contributed by atoms with E-state index < -0.39 is 10.2 Å². The maximum atomic E-state index is 12.8. The summed E-state index contributed by atoms with van der Waals surface area (Å²) in [5, 5.41) is 0.596. The fourth-order valence-electron chi connectivity index (χ4n) is 3.81. The quantitative estimate of drug-likeness (QED) is 0.721. The predicted octanol–water partition coefficient (Wildman–Crippen LogP) is 0.676. The summed E-state index contributed by atoms with van der Waals surface area (Å²) in [6.07, 6.45) is 1.59. The molecule has 0 N–H and O–H groups in total. The van der Waals surface area contributed by atoms with E-state index in [0.29, 0.717) is 63.4 Å². The number of piperazine rings is 1. The maximum absolute atomic E-state index is 12.8. The van der Waals surface area contributed by atoms with Crippen LogP contribution in [0.1, 0.15) is 19.9 Å². The SMILES string of the molecule is CC(C)n1cnc2cc(N3CCN(S(=O)(=O)N4CCOCC4)CC3)ccc2c1=O. The summed E-state index contributed by atoms with van der Waals surface area (Å²) >= 11 is 0. The lowest BCUT2D eigenvalue weighted by atomic mass is 10.2. The third-order valence-electron chi connectivity index (χ3n) is 5.55. The predicted molar refractivity (Wildman–Crippen MR) is 111 cm³/mol. The monoisotopic (exact) mass is 421 g/mol. The Balaban J connectivity index is 1.49. The zero-order valence-electron chi connectivity index (χ0n) is 16.8. The lowest BCUT2D eigenvalue weighted by Gasteiger charge is -2.38. The van der Waals surface area contributed by atoms with Crippen molar-refractivity contribution in [2.75, 3.05) is 57.4 Å². The van der Waals surface area contributed by atoms with Crippen LogP contribution in [0.5, 0.6) is 0 Å². The van der Waals surface area contributed by atoms with Gasteiger partial charge >= 0.3 is 0 Å². The molecule has 158 valence electrons. The Morgan fingerprint density at radius 2 is 1.66 bits per heavy atom. The van der Waals surface area contributed by atoms with Crippen molar-refractivity contribution in [2.45, 2.75) is 19.9 Å². The molecule has 2 aliphatic rings. The van der Waals surface area contributed by atoms with Crippen molar-refractivity contribution in [3.63, 3.8) is 0 Å². The molecule has 10 heteroatoms. The Labute approximate surface area is 170 Å². The highest BCUT2D eigenvalue weighted by molar-refractivity contribution is 7.86. The van der Waals surface area contributed by atoms with E-state index >= 15 is 0 Å². The van der Waals surface area contributed by atoms with Crippen LogP contribution in [0.3, 0.4) is 0 Å². The molecule has 1 aromatic heterocycles. The molecule has 0 amide bonds. The zero-order chi connectivity index (χ0) is 20.6. The van der Waals surface area contributed by atoms with Crippen molar-refractivity contribution in [2.24, 2.45) is 0 Å². The molecule has 0 unspecified atom stereocenters. The van der Waals surface area contributed by atoms with E-state index in [1.165, 1.54) is 4.31 Å². The van der Waals surface area contributed by atoms with Gasteiger partial charge in [0.25, 0.3) is 15.8 Å². The maximum Gasteiger partial charge on any atom is 0.282 e. The van der Waals surface area contributed by atoms with Crippen LogP contribution in [-0.2, 0) is 14.9 Å². The van der Waals surface area contributed by atoms with E-state index in [9.17, 15) is 13.2 Å². The molecule has 9 nitrogen and oxygen atoms in total. The third kappa shape index (κ3) is 3.89. The van der Waals surface area contributed by atoms with Crippen LogP contribution in [-0.4, -0.2) is 79.1 Å². The average Bonchev–Trinajstić information content (AvgIpc) is 2.74. The van der Waals surface area contributed by atoms with Crippen molar-refractivity contribution in [3.8, 4) is 0 Å². The molecule has 2 aromatic rings. The second-order valence-electron chi connectivity index (χ2n) is 7.66. The van der Waals surface area contributed by atoms with Gasteiger partial charge in [-0.1, -0.05) is 0 Å². The Morgan fingerprint density at radius 1 is 1.00 bits per heavy atom. The molecule has 0 saturated carbocycles. The summed E-state index contributed by atoms with van der Waals surface area (Å²) in [4.78, 5) is 19.2. The highest BCUT2D eigenvalue weighted by Crippen LogP contribution is 2.22. The van der Waals surface area contributed by atoms with Crippen molar-refractivity contribution < 1.29 is 13.2 Å². The van der Waals surface area contributed by atoms with Crippen molar-refractivity contribution in [1.82, 2.24) is 18.2 Å². The minimum atomic E-state index is -3.44. The summed E-state index contributed by atoms with van der Waals surface area (Å²) in [6, 6.07) is 5.70. The van der Waals surface area contributed by atoms with Crippen LogP contribution < -0.4 is 10.5 Å². The van der Waals surface area contributed by atoms with Crippen LogP contribution in [0.2, 0.25) is 0 Å². The van der Waals surface area contributed by atoms with Crippen LogP contribution in [0, 0.1) is 0 Å². The van der Waals surface area contributed by atoms with Gasteiger partial charge < -0.3 is 9.64 Å². The first-order valence-corrected chi connectivity index (χ1v) is 11.4. The fourth-order valence-corrected chi connectivity index (χ4v) is 5.37. The van der Waals surface area contributed by atoms with Gasteiger partial charge in [0.15, 0.2) is 0 Å². The number of hydrogen-bond donors (Lipinski definition) is 0. The lowest BCUT2D eigenvalue weighted by molar-refractivity contribution is 0.0700. The minimum absolute atomic E-state index is 0.0435. The topological polar surface area (TPSA) is 88.0 Å². The molecule has 2 saturated heterocycles. The van der Waals surface area contributed by atoms with Gasteiger partial charge in [0.1, 0.15) is 0 Å². The number of ether oxygens (including phenoxy) is 1. The van der Waals surface area contributed by atoms with Gasteiger partial charge in [0.05, 0.1) is 30.4 Å². The lowest BCUT2D eigenvalue weighted by Crippen LogP contribution is -2.55. The smallest absolute Gasteiger partial charge is 0.282 e. The first-order chi connectivity index (χ1) is 13.9. The highest BCUT2D eigenvalue weighted by Gasteiger charge is 2.33. The van der Waals surface area contributed by atoms with Crippen molar-refractivity contribution in [1.29, 1.82) is 0 Å². The minimum Gasteiger partial charge on any atom is -0.379 e. The van der Waals surface area contributed by atoms with Crippen LogP contribution in [0.15, 0.2) is 29.3 Å². The van der Waals surface area contributed by atoms with E-state index in [1.54, 1.807) is 15.2 Å². The summed E-state index contributed by atoms with van der Waals surface area (Å²) in [6.45, 7) is 7.67. The number of nitrogens with zero attached hydrogens (tertiary/aromatic N) is 5. The van der Waals surface area contributed by atoms with E-state index in [-0.39, 0.29) is 11.6 Å². The Morgan fingerprint density at radius 3 is 2.31 bits per heavy atom. The third-order valence-corrected chi connectivity index (χ3v) is 7.59. The zero-order valence-corrected chi connectivity index (χ0v) is 17.6. The highest BCUT2D eigenvalue weighted by atomic mass is 32.2. The number of rotatable bonds is 4. The molecule has 29 heavy (non-hydrogen) atoms. The van der Waals surface area contributed by atoms with E-state index in [4.69, 9.17) is 4.74 Å². The number of morpholine rings is 1. The van der Waals surface area contributed by atoms with Crippen molar-refractivity contribution in [3.05, 3.63) is 34.9 Å². The van der Waals surface area contributed by atoms with Crippen LogP contribution in [0.4, 0.5) is 5.69 Å². The summed E-state index contributed by atoms with van der Waals surface area (Å²) in [7, 11) is -3.44. The largest absolute Gasteiger partial charge is 0.379 e. The fraction of sp³-hybridized carbons (Fsp3) is 0.579. The van der Waals surface area contributed by atoms with E-state index in [2.05, 4.69) is 9.88 Å². The molecule has 1 aromatic carbocycles. The van der Waals surface area contributed by atoms with Gasteiger partial charge in [-0.05, 0) is 32.0 Å². The Bertz CT molecular complexity index is 1040. The number of hydrogen-bond acceptors (Lipinski definition) is 6. The number of benzene rings is 1.